The highest BCUT2D eigenvalue weighted by Crippen LogP contribution is 2.25. The van der Waals surface area contributed by atoms with E-state index in [0.29, 0.717) is 11.6 Å². The third kappa shape index (κ3) is 6.84. The first-order valence-electron chi connectivity index (χ1n) is 12.0. The Labute approximate surface area is 205 Å². The van der Waals surface area contributed by atoms with Crippen molar-refractivity contribution in [1.82, 2.24) is 9.88 Å². The smallest absolute Gasteiger partial charge is 0.261 e. The average molecular weight is 493 g/mol. The normalized spacial score (nSPS) is 18.2. The fraction of sp³-hybridized carbons (Fsp3) is 0.560. The van der Waals surface area contributed by atoms with Gasteiger partial charge in [-0.05, 0) is 54.5 Å². The molecule has 0 amide bonds. The van der Waals surface area contributed by atoms with Gasteiger partial charge in [0.1, 0.15) is 5.82 Å². The van der Waals surface area contributed by atoms with Crippen molar-refractivity contribution in [1.29, 1.82) is 0 Å². The zero-order valence-corrected chi connectivity index (χ0v) is 21.4. The van der Waals surface area contributed by atoms with Crippen molar-refractivity contribution in [3.63, 3.8) is 0 Å². The number of pyridine rings is 1. The first-order chi connectivity index (χ1) is 15.4. The number of rotatable bonds is 7. The van der Waals surface area contributed by atoms with Crippen LogP contribution in [0, 0.1) is 5.92 Å². The van der Waals surface area contributed by atoms with Crippen LogP contribution in [0.3, 0.4) is 0 Å². The Balaban J connectivity index is 0.00000306. The Kier molecular flexibility index (Phi) is 9.02. The Morgan fingerprint density at radius 1 is 0.970 bits per heavy atom. The maximum Gasteiger partial charge on any atom is 0.261 e. The lowest BCUT2D eigenvalue weighted by atomic mass is 9.89. The monoisotopic (exact) mass is 492 g/mol. The molecule has 0 unspecified atom stereocenters. The second-order valence-electron chi connectivity index (χ2n) is 9.53. The van der Waals surface area contributed by atoms with Crippen molar-refractivity contribution >= 4 is 33.9 Å². The molecule has 2 aromatic rings. The largest absolute Gasteiger partial charge is 0.354 e. The third-order valence-electron chi connectivity index (χ3n) is 6.79. The van der Waals surface area contributed by atoms with E-state index in [4.69, 9.17) is 0 Å². The predicted molar refractivity (Wildman–Crippen MR) is 138 cm³/mol. The summed E-state index contributed by atoms with van der Waals surface area (Å²) in [4.78, 5) is 9.69. The second kappa shape index (κ2) is 11.5. The Bertz CT molecular complexity index is 966. The van der Waals surface area contributed by atoms with E-state index in [9.17, 15) is 8.42 Å². The van der Waals surface area contributed by atoms with E-state index in [0.717, 1.165) is 43.5 Å². The summed E-state index contributed by atoms with van der Waals surface area (Å²) in [5.74, 6) is 2.15. The zero-order valence-electron chi connectivity index (χ0n) is 19.7. The molecule has 0 bridgehead atoms. The number of hydrogen-bond acceptors (Lipinski definition) is 5. The number of sulfonamides is 1. The van der Waals surface area contributed by atoms with Crippen molar-refractivity contribution < 1.29 is 8.42 Å². The van der Waals surface area contributed by atoms with E-state index in [2.05, 4.69) is 33.4 Å². The molecule has 1 aromatic heterocycles. The SMILES string of the molecule is CC(C)c1ccc(S(=O)(=O)Nc2ccc(N3CCN(CC4CCCCC4)CC3)nc2)cc1.Cl. The first-order valence-corrected chi connectivity index (χ1v) is 13.5. The summed E-state index contributed by atoms with van der Waals surface area (Å²) in [6.07, 6.45) is 8.60. The van der Waals surface area contributed by atoms with E-state index in [1.165, 1.54) is 38.6 Å². The summed E-state index contributed by atoms with van der Waals surface area (Å²) >= 11 is 0. The van der Waals surface area contributed by atoms with Crippen LogP contribution in [-0.4, -0.2) is 51.0 Å². The van der Waals surface area contributed by atoms with Crippen LogP contribution in [-0.2, 0) is 10.0 Å². The summed E-state index contributed by atoms with van der Waals surface area (Å²) in [5.41, 5.74) is 1.60. The molecule has 33 heavy (non-hydrogen) atoms. The third-order valence-corrected chi connectivity index (χ3v) is 8.19. The molecule has 1 aliphatic carbocycles. The topological polar surface area (TPSA) is 65.5 Å². The predicted octanol–water partition coefficient (Wildman–Crippen LogP) is 5.13. The van der Waals surface area contributed by atoms with Gasteiger partial charge in [-0.1, -0.05) is 45.2 Å². The maximum absolute atomic E-state index is 12.7. The lowest BCUT2D eigenvalue weighted by molar-refractivity contribution is 0.192. The summed E-state index contributed by atoms with van der Waals surface area (Å²) < 4.78 is 28.1. The molecule has 4 rings (SSSR count). The van der Waals surface area contributed by atoms with Crippen LogP contribution >= 0.6 is 12.4 Å². The number of nitrogens with one attached hydrogen (secondary N) is 1. The minimum atomic E-state index is -3.63. The highest BCUT2D eigenvalue weighted by atomic mass is 35.5. The van der Waals surface area contributed by atoms with E-state index in [-0.39, 0.29) is 17.3 Å². The Morgan fingerprint density at radius 2 is 1.64 bits per heavy atom. The summed E-state index contributed by atoms with van der Waals surface area (Å²) in [5, 5.41) is 0. The molecule has 2 aliphatic rings. The van der Waals surface area contributed by atoms with Crippen LogP contribution in [0.2, 0.25) is 0 Å². The van der Waals surface area contributed by atoms with Crippen molar-refractivity contribution in [3.8, 4) is 0 Å². The van der Waals surface area contributed by atoms with E-state index in [1.54, 1.807) is 24.4 Å². The quantitative estimate of drug-likeness (QED) is 0.580. The van der Waals surface area contributed by atoms with Gasteiger partial charge in [0.15, 0.2) is 0 Å². The number of hydrogen-bond donors (Lipinski definition) is 1. The summed E-state index contributed by atoms with van der Waals surface area (Å²) in [7, 11) is -3.63. The molecule has 1 saturated heterocycles. The van der Waals surface area contributed by atoms with Crippen molar-refractivity contribution in [3.05, 3.63) is 48.2 Å². The number of anilines is 2. The fourth-order valence-electron chi connectivity index (χ4n) is 4.77. The molecular weight excluding hydrogens is 456 g/mol. The number of piperazine rings is 1. The van der Waals surface area contributed by atoms with Gasteiger partial charge in [0.05, 0.1) is 16.8 Å². The standard InChI is InChI=1S/C25H36N4O2S.ClH/c1-20(2)22-8-11-24(12-9-22)32(30,31)27-23-10-13-25(26-18-23)29-16-14-28(15-17-29)19-21-6-4-3-5-7-21;/h8-13,18,20-21,27H,3-7,14-17,19H2,1-2H3;1H. The molecule has 8 heteroatoms. The van der Waals surface area contributed by atoms with Gasteiger partial charge in [-0.3, -0.25) is 9.62 Å². The van der Waals surface area contributed by atoms with Gasteiger partial charge in [-0.2, -0.15) is 0 Å². The lowest BCUT2D eigenvalue weighted by Gasteiger charge is -2.37. The van der Waals surface area contributed by atoms with Crippen LogP contribution in [0.4, 0.5) is 11.5 Å². The molecular formula is C25H37ClN4O2S. The number of halogens is 1. The van der Waals surface area contributed by atoms with Crippen LogP contribution < -0.4 is 9.62 Å². The molecule has 1 aromatic carbocycles. The second-order valence-corrected chi connectivity index (χ2v) is 11.2. The van der Waals surface area contributed by atoms with E-state index in [1.807, 2.05) is 18.2 Å². The Morgan fingerprint density at radius 3 is 2.21 bits per heavy atom. The number of aromatic nitrogens is 1. The van der Waals surface area contributed by atoms with Gasteiger partial charge in [0.2, 0.25) is 0 Å². The van der Waals surface area contributed by atoms with Crippen LogP contribution in [0.25, 0.3) is 0 Å². The lowest BCUT2D eigenvalue weighted by Crippen LogP contribution is -2.48. The molecule has 2 fully saturated rings. The van der Waals surface area contributed by atoms with Crippen LogP contribution in [0.5, 0.6) is 0 Å². The highest BCUT2D eigenvalue weighted by Gasteiger charge is 2.22. The van der Waals surface area contributed by atoms with E-state index < -0.39 is 10.0 Å². The van der Waals surface area contributed by atoms with Gasteiger partial charge in [0.25, 0.3) is 10.0 Å². The molecule has 0 atom stereocenters. The first kappa shape index (κ1) is 25.8. The zero-order chi connectivity index (χ0) is 22.6. The minimum absolute atomic E-state index is 0. The molecule has 182 valence electrons. The van der Waals surface area contributed by atoms with Gasteiger partial charge < -0.3 is 4.90 Å². The average Bonchev–Trinajstić information content (AvgIpc) is 2.81. The fourth-order valence-corrected chi connectivity index (χ4v) is 5.82. The van der Waals surface area contributed by atoms with Crippen molar-refractivity contribution in [2.45, 2.75) is 56.8 Å². The molecule has 6 nitrogen and oxygen atoms in total. The van der Waals surface area contributed by atoms with Gasteiger partial charge in [-0.25, -0.2) is 13.4 Å². The molecule has 0 spiro atoms. The number of nitrogens with zero attached hydrogens (tertiary/aromatic N) is 3. The minimum Gasteiger partial charge on any atom is -0.354 e. The molecule has 1 aliphatic heterocycles. The van der Waals surface area contributed by atoms with Crippen molar-refractivity contribution in [2.24, 2.45) is 5.92 Å². The molecule has 2 heterocycles. The van der Waals surface area contributed by atoms with E-state index >= 15 is 0 Å². The van der Waals surface area contributed by atoms with Crippen LogP contribution in [0.15, 0.2) is 47.5 Å². The van der Waals surface area contributed by atoms with Crippen LogP contribution in [0.1, 0.15) is 57.4 Å². The molecule has 0 radical (unpaired) electrons. The van der Waals surface area contributed by atoms with Gasteiger partial charge in [0, 0.05) is 32.7 Å². The number of benzene rings is 1. The Hall–Kier alpha value is -1.83. The summed E-state index contributed by atoms with van der Waals surface area (Å²) in [6, 6.07) is 10.8. The highest BCUT2D eigenvalue weighted by molar-refractivity contribution is 7.92. The molecule has 1 N–H and O–H groups in total. The summed E-state index contributed by atoms with van der Waals surface area (Å²) in [6.45, 7) is 9.48. The van der Waals surface area contributed by atoms with Gasteiger partial charge >= 0.3 is 0 Å². The maximum atomic E-state index is 12.7. The van der Waals surface area contributed by atoms with Gasteiger partial charge in [-0.15, -0.1) is 12.4 Å². The molecule has 1 saturated carbocycles. The van der Waals surface area contributed by atoms with Crippen molar-refractivity contribution in [2.75, 3.05) is 42.3 Å².